The van der Waals surface area contributed by atoms with Crippen LogP contribution in [-0.4, -0.2) is 55.4 Å². The summed E-state index contributed by atoms with van der Waals surface area (Å²) in [7, 11) is 3.69. The van der Waals surface area contributed by atoms with Crippen LogP contribution in [0.5, 0.6) is 17.4 Å². The molecule has 1 fully saturated rings. The largest absolute Gasteiger partial charge is 0.482 e. The molecule has 43 heavy (non-hydrogen) atoms. The van der Waals surface area contributed by atoms with Crippen LogP contribution in [0.1, 0.15) is 65.3 Å². The highest BCUT2D eigenvalue weighted by Gasteiger charge is 2.29. The number of hydrogen-bond acceptors (Lipinski definition) is 7. The summed E-state index contributed by atoms with van der Waals surface area (Å²) in [4.78, 5) is 33.8. The molecule has 0 spiro atoms. The van der Waals surface area contributed by atoms with Crippen LogP contribution in [0.15, 0.2) is 41.2 Å². The number of anilines is 1. The van der Waals surface area contributed by atoms with Gasteiger partial charge in [0.05, 0.1) is 19.2 Å². The normalized spacial score (nSPS) is 17.7. The molecule has 0 unspecified atom stereocenters. The van der Waals surface area contributed by atoms with E-state index in [-0.39, 0.29) is 24.7 Å². The number of nitrogens with one attached hydrogen (secondary N) is 2. The number of aryl methyl sites for hydroxylation is 1. The lowest BCUT2D eigenvalue weighted by Crippen LogP contribution is -2.43. The number of aromatic amines is 1. The van der Waals surface area contributed by atoms with Crippen LogP contribution >= 0.6 is 11.6 Å². The second-order valence-corrected chi connectivity index (χ2v) is 11.9. The van der Waals surface area contributed by atoms with Gasteiger partial charge in [-0.15, -0.1) is 0 Å². The number of benzene rings is 2. The number of hydrogen-bond donors (Lipinski definition) is 2. The maximum absolute atomic E-state index is 13.4. The summed E-state index contributed by atoms with van der Waals surface area (Å²) in [6, 6.07) is 12.2. The van der Waals surface area contributed by atoms with Crippen LogP contribution in [0.2, 0.25) is 5.02 Å². The second-order valence-electron chi connectivity index (χ2n) is 11.5. The van der Waals surface area contributed by atoms with Gasteiger partial charge in [0, 0.05) is 53.2 Å². The number of aromatic nitrogens is 1. The van der Waals surface area contributed by atoms with E-state index in [9.17, 15) is 9.59 Å². The van der Waals surface area contributed by atoms with Crippen molar-refractivity contribution in [3.05, 3.63) is 79.6 Å². The molecule has 1 aliphatic carbocycles. The Kier molecular flexibility index (Phi) is 9.52. The number of ether oxygens (including phenoxy) is 3. The number of rotatable bonds is 10. The summed E-state index contributed by atoms with van der Waals surface area (Å²) >= 11 is 6.59. The molecule has 3 aromatic rings. The Morgan fingerprint density at radius 1 is 1.07 bits per heavy atom. The van der Waals surface area contributed by atoms with Crippen molar-refractivity contribution in [1.29, 1.82) is 0 Å². The highest BCUT2D eigenvalue weighted by molar-refractivity contribution is 6.31. The minimum atomic E-state index is -0.284. The average Bonchev–Trinajstić information content (AvgIpc) is 3.46. The number of pyridine rings is 1. The van der Waals surface area contributed by atoms with Crippen LogP contribution < -0.4 is 29.9 Å². The monoisotopic (exact) mass is 608 g/mol. The molecular formula is C33H41ClN4O5. The summed E-state index contributed by atoms with van der Waals surface area (Å²) < 4.78 is 16.3. The van der Waals surface area contributed by atoms with Gasteiger partial charge in [-0.2, -0.15) is 0 Å². The van der Waals surface area contributed by atoms with Gasteiger partial charge in [0.2, 0.25) is 6.79 Å². The van der Waals surface area contributed by atoms with Crippen molar-refractivity contribution in [2.75, 3.05) is 32.4 Å². The smallest absolute Gasteiger partial charge is 0.251 e. The van der Waals surface area contributed by atoms with E-state index in [1.165, 1.54) is 18.7 Å². The van der Waals surface area contributed by atoms with Gasteiger partial charge in [0.15, 0.2) is 22.8 Å². The van der Waals surface area contributed by atoms with Crippen LogP contribution in [0, 0.1) is 13.8 Å². The van der Waals surface area contributed by atoms with E-state index >= 15 is 0 Å². The minimum absolute atomic E-state index is 0.0419. The van der Waals surface area contributed by atoms with Crippen molar-refractivity contribution < 1.29 is 19.0 Å². The van der Waals surface area contributed by atoms with Gasteiger partial charge in [-0.1, -0.05) is 17.7 Å². The molecule has 10 heteroatoms. The molecule has 5 rings (SSSR count). The summed E-state index contributed by atoms with van der Waals surface area (Å²) in [5.41, 5.74) is 4.44. The standard InChI is InChI=1S/C33H41ClN4O5/c1-6-38(25-10-8-24(9-11-25)37(4)18-22-7-12-30-31(14-22)43-19-42-30)28-16-23(34)15-26(21(28)3)32(40)35-17-27-29(39)13-20(2)36-33(27)41-5/h7,12-16,24-25H,6,8-11,17-19H2,1-5H3,(H,35,40)(H,36,39). The first-order valence-electron chi connectivity index (χ1n) is 14.9. The SMILES string of the molecule is CCN(c1cc(Cl)cc(C(=O)NCc2c(OC)[nH]c(C)cc2=O)c1C)C1CCC(N(C)Cc2ccc3c(c2)OCO3)CC1. The quantitative estimate of drug-likeness (QED) is 0.310. The van der Waals surface area contributed by atoms with Crippen molar-refractivity contribution in [3.8, 4) is 17.4 Å². The molecule has 2 heterocycles. The number of H-pyrrole nitrogens is 1. The molecule has 2 N–H and O–H groups in total. The zero-order valence-electron chi connectivity index (χ0n) is 25.6. The van der Waals surface area contributed by atoms with Gasteiger partial charge in [-0.05, 0) is 88.9 Å². The van der Waals surface area contributed by atoms with Gasteiger partial charge in [-0.25, -0.2) is 0 Å². The van der Waals surface area contributed by atoms with Crippen LogP contribution in [0.4, 0.5) is 5.69 Å². The van der Waals surface area contributed by atoms with E-state index in [0.29, 0.717) is 39.8 Å². The molecule has 1 aliphatic heterocycles. The van der Waals surface area contributed by atoms with Gasteiger partial charge in [0.1, 0.15) is 0 Å². The predicted molar refractivity (Wildman–Crippen MR) is 169 cm³/mol. The zero-order valence-corrected chi connectivity index (χ0v) is 26.3. The van der Waals surface area contributed by atoms with E-state index in [4.69, 9.17) is 25.8 Å². The molecule has 1 amide bonds. The Balaban J connectivity index is 1.25. The first kappa shape index (κ1) is 30.8. The third-order valence-electron chi connectivity index (χ3n) is 8.70. The van der Waals surface area contributed by atoms with E-state index < -0.39 is 0 Å². The van der Waals surface area contributed by atoms with Crippen molar-refractivity contribution in [3.63, 3.8) is 0 Å². The maximum atomic E-state index is 13.4. The highest BCUT2D eigenvalue weighted by Crippen LogP contribution is 2.36. The van der Waals surface area contributed by atoms with Gasteiger partial charge < -0.3 is 29.4 Å². The molecular weight excluding hydrogens is 568 g/mol. The molecule has 0 bridgehead atoms. The highest BCUT2D eigenvalue weighted by atomic mass is 35.5. The lowest BCUT2D eigenvalue weighted by molar-refractivity contribution is 0.0950. The molecule has 2 aromatic carbocycles. The zero-order chi connectivity index (χ0) is 30.7. The lowest BCUT2D eigenvalue weighted by atomic mass is 9.88. The van der Waals surface area contributed by atoms with E-state index in [2.05, 4.69) is 46.2 Å². The number of amides is 1. The topological polar surface area (TPSA) is 96.1 Å². The maximum Gasteiger partial charge on any atom is 0.251 e. The van der Waals surface area contributed by atoms with E-state index in [1.54, 1.807) is 13.0 Å². The van der Waals surface area contributed by atoms with Crippen LogP contribution in [-0.2, 0) is 13.1 Å². The third kappa shape index (κ3) is 6.78. The summed E-state index contributed by atoms with van der Waals surface area (Å²) in [5.74, 6) is 1.70. The van der Waals surface area contributed by atoms with Crippen LogP contribution in [0.25, 0.3) is 0 Å². The minimum Gasteiger partial charge on any atom is -0.482 e. The van der Waals surface area contributed by atoms with Gasteiger partial charge in [-0.3, -0.25) is 14.5 Å². The Bertz CT molecular complexity index is 1530. The first-order chi connectivity index (χ1) is 20.7. The number of nitrogens with zero attached hydrogens (tertiary/aromatic N) is 2. The summed E-state index contributed by atoms with van der Waals surface area (Å²) in [5, 5.41) is 3.40. The van der Waals surface area contributed by atoms with Crippen molar-refractivity contribution in [1.82, 2.24) is 15.2 Å². The van der Waals surface area contributed by atoms with Gasteiger partial charge >= 0.3 is 0 Å². The van der Waals surface area contributed by atoms with Crippen LogP contribution in [0.3, 0.4) is 0 Å². The number of carbonyl (C=O) groups excluding carboxylic acids is 1. The van der Waals surface area contributed by atoms with Crippen molar-refractivity contribution in [2.45, 2.75) is 71.6 Å². The molecule has 0 saturated heterocycles. The Labute approximate surface area is 258 Å². The van der Waals surface area contributed by atoms with Crippen molar-refractivity contribution in [2.24, 2.45) is 0 Å². The molecule has 230 valence electrons. The Morgan fingerprint density at radius 3 is 2.51 bits per heavy atom. The molecule has 2 aliphatic rings. The lowest BCUT2D eigenvalue weighted by Gasteiger charge is -2.41. The molecule has 9 nitrogen and oxygen atoms in total. The van der Waals surface area contributed by atoms with Gasteiger partial charge in [0.25, 0.3) is 5.91 Å². The molecule has 1 saturated carbocycles. The number of halogens is 1. The molecule has 1 aromatic heterocycles. The van der Waals surface area contributed by atoms with E-state index in [1.807, 2.05) is 19.1 Å². The predicted octanol–water partition coefficient (Wildman–Crippen LogP) is 5.58. The number of fused-ring (bicyclic) bond motifs is 1. The third-order valence-corrected chi connectivity index (χ3v) is 8.92. The fraction of sp³-hybridized carbons (Fsp3) is 0.455. The number of carbonyl (C=O) groups is 1. The van der Waals surface area contributed by atoms with Crippen molar-refractivity contribution >= 4 is 23.2 Å². The second kappa shape index (κ2) is 13.3. The molecule has 0 radical (unpaired) electrons. The Morgan fingerprint density at radius 2 is 1.79 bits per heavy atom. The molecule has 0 atom stereocenters. The fourth-order valence-corrected chi connectivity index (χ4v) is 6.60. The van der Waals surface area contributed by atoms with E-state index in [0.717, 1.165) is 61.5 Å². The fourth-order valence-electron chi connectivity index (χ4n) is 6.38. The first-order valence-corrected chi connectivity index (χ1v) is 15.3. The Hall–Kier alpha value is -3.69. The average molecular weight is 609 g/mol. The number of methoxy groups -OCH3 is 1. The summed E-state index contributed by atoms with van der Waals surface area (Å²) in [6.45, 7) is 7.89. The summed E-state index contributed by atoms with van der Waals surface area (Å²) in [6.07, 6.45) is 4.27.